The maximum Gasteiger partial charge on any atom is 0.472 e. The molecule has 0 radical (unpaired) electrons. The van der Waals surface area contributed by atoms with Gasteiger partial charge in [-0.1, -0.05) is 135 Å². The second-order valence-electron chi connectivity index (χ2n) is 12.9. The average molecular weight is 622 g/mol. The monoisotopic (exact) mass is 621 g/mol. The zero-order valence-electron chi connectivity index (χ0n) is 27.6. The fraction of sp³-hybridized carbons (Fsp3) is 0.938. The summed E-state index contributed by atoms with van der Waals surface area (Å²) < 4.78 is 22.2. The molecule has 0 heterocycles. The smallest absolute Gasteiger partial charge is 0.472 e. The first kappa shape index (κ1) is 41.0. The Kier molecular flexibility index (Phi) is 25.8. The van der Waals surface area contributed by atoms with Gasteiger partial charge in [-0.05, 0) is 6.42 Å². The third-order valence-electron chi connectivity index (χ3n) is 7.56. The second-order valence-corrected chi connectivity index (χ2v) is 14.3. The number of carbonyl (C=O) groups excluding carboxylic acids is 1. The number of rotatable bonds is 31. The number of carboxylic acids is 1. The molecule has 10 heteroatoms. The van der Waals surface area contributed by atoms with E-state index in [2.05, 4.69) is 12.2 Å². The van der Waals surface area contributed by atoms with Crippen LogP contribution < -0.4 is 5.32 Å². The summed E-state index contributed by atoms with van der Waals surface area (Å²) in [5.41, 5.74) is 0. The van der Waals surface area contributed by atoms with Gasteiger partial charge in [-0.2, -0.15) is 0 Å². The highest BCUT2D eigenvalue weighted by Gasteiger charge is 2.28. The maximum atomic E-state index is 12.2. The number of unbranched alkanes of at least 4 members (excludes halogenated alkanes) is 20. The zero-order chi connectivity index (χ0) is 31.5. The Labute approximate surface area is 257 Å². The van der Waals surface area contributed by atoms with E-state index in [9.17, 15) is 24.2 Å². The number of hydrogen-bond donors (Lipinski definition) is 3. The van der Waals surface area contributed by atoms with Crippen LogP contribution in [0.4, 0.5) is 0 Å². The maximum absolute atomic E-state index is 12.2. The highest BCUT2D eigenvalue weighted by molar-refractivity contribution is 7.47. The van der Waals surface area contributed by atoms with Crippen LogP contribution in [0.5, 0.6) is 0 Å². The number of phosphoric acid groups is 1. The minimum Gasteiger partial charge on any atom is -0.480 e. The van der Waals surface area contributed by atoms with Crippen LogP contribution in [0.2, 0.25) is 0 Å². The number of quaternary nitrogens is 1. The number of carboxylic acid groups (broad SMARTS) is 1. The summed E-state index contributed by atoms with van der Waals surface area (Å²) in [6, 6.07) is -1.41. The Balaban J connectivity index is 3.63. The van der Waals surface area contributed by atoms with Gasteiger partial charge in [0.05, 0.1) is 27.7 Å². The van der Waals surface area contributed by atoms with E-state index < -0.39 is 32.3 Å². The number of hydrogen-bond acceptors (Lipinski definition) is 5. The van der Waals surface area contributed by atoms with E-state index >= 15 is 0 Å². The molecule has 0 saturated carbocycles. The minimum atomic E-state index is -4.40. The van der Waals surface area contributed by atoms with Gasteiger partial charge in [-0.15, -0.1) is 0 Å². The van der Waals surface area contributed by atoms with Crippen molar-refractivity contribution < 1.29 is 37.7 Å². The molecule has 0 bridgehead atoms. The Morgan fingerprint density at radius 2 is 1.07 bits per heavy atom. The van der Waals surface area contributed by atoms with Gasteiger partial charge in [0.2, 0.25) is 5.91 Å². The van der Waals surface area contributed by atoms with Gasteiger partial charge in [0.15, 0.2) is 6.04 Å². The van der Waals surface area contributed by atoms with Gasteiger partial charge < -0.3 is 19.8 Å². The van der Waals surface area contributed by atoms with Crippen molar-refractivity contribution in [2.45, 2.75) is 154 Å². The first-order valence-corrected chi connectivity index (χ1v) is 18.4. The molecule has 0 aromatic carbocycles. The average Bonchev–Trinajstić information content (AvgIpc) is 2.90. The molecule has 0 aliphatic carbocycles. The standard InChI is InChI=1S/C32H65N2O7P/c1-5-6-7-8-9-10-11-12-13-14-15-16-17-18-19-20-21-22-23-24-25-26-31(35)33-30(32(36)37)29-41-42(38,39)40-28-27-34(2,3)4/h30H,5-29H2,1-4H3,(H2-,33,35,36,37,38,39)/p+1/t30-/m0/s1. The second kappa shape index (κ2) is 26.4. The first-order valence-electron chi connectivity index (χ1n) is 16.9. The molecule has 1 unspecified atom stereocenters. The summed E-state index contributed by atoms with van der Waals surface area (Å²) in [6.45, 7) is 2.10. The molecule has 1 amide bonds. The Bertz CT molecular complexity index is 715. The van der Waals surface area contributed by atoms with Crippen molar-refractivity contribution in [3.05, 3.63) is 0 Å². The van der Waals surface area contributed by atoms with Crippen molar-refractivity contribution in [3.63, 3.8) is 0 Å². The van der Waals surface area contributed by atoms with Gasteiger partial charge in [0, 0.05) is 6.42 Å². The molecule has 0 aromatic heterocycles. The summed E-state index contributed by atoms with van der Waals surface area (Å²) in [5, 5.41) is 11.7. The first-order chi connectivity index (χ1) is 20.0. The van der Waals surface area contributed by atoms with Gasteiger partial charge >= 0.3 is 13.8 Å². The number of amides is 1. The highest BCUT2D eigenvalue weighted by atomic mass is 31.2. The van der Waals surface area contributed by atoms with Crippen LogP contribution >= 0.6 is 7.82 Å². The summed E-state index contributed by atoms with van der Waals surface area (Å²) in [7, 11) is 1.32. The largest absolute Gasteiger partial charge is 0.480 e. The van der Waals surface area contributed by atoms with Crippen LogP contribution in [0, 0.1) is 0 Å². The highest BCUT2D eigenvalue weighted by Crippen LogP contribution is 2.43. The Morgan fingerprint density at radius 3 is 1.43 bits per heavy atom. The van der Waals surface area contributed by atoms with Crippen LogP contribution in [-0.4, -0.2) is 73.3 Å². The molecule has 0 fully saturated rings. The lowest BCUT2D eigenvalue weighted by Gasteiger charge is -2.24. The van der Waals surface area contributed by atoms with Crippen molar-refractivity contribution in [1.82, 2.24) is 5.32 Å². The number of nitrogens with one attached hydrogen (secondary N) is 1. The van der Waals surface area contributed by atoms with E-state index in [1.165, 1.54) is 109 Å². The van der Waals surface area contributed by atoms with Crippen LogP contribution in [0.1, 0.15) is 148 Å². The fourth-order valence-electron chi connectivity index (χ4n) is 4.79. The Morgan fingerprint density at radius 1 is 0.690 bits per heavy atom. The summed E-state index contributed by atoms with van der Waals surface area (Å²) in [5.74, 6) is -1.73. The molecule has 0 rings (SSSR count). The van der Waals surface area contributed by atoms with Crippen molar-refractivity contribution in [1.29, 1.82) is 0 Å². The lowest BCUT2D eigenvalue weighted by Crippen LogP contribution is -2.43. The van der Waals surface area contributed by atoms with Crippen molar-refractivity contribution in [2.24, 2.45) is 0 Å². The summed E-state index contributed by atoms with van der Waals surface area (Å²) in [4.78, 5) is 33.4. The topological polar surface area (TPSA) is 122 Å². The number of aliphatic carboxylic acids is 1. The molecular formula is C32H66N2O7P+. The van der Waals surface area contributed by atoms with Crippen LogP contribution in [0.3, 0.4) is 0 Å². The molecule has 250 valence electrons. The van der Waals surface area contributed by atoms with Gasteiger partial charge in [0.1, 0.15) is 13.2 Å². The molecule has 0 saturated heterocycles. The van der Waals surface area contributed by atoms with Crippen LogP contribution in [0.15, 0.2) is 0 Å². The summed E-state index contributed by atoms with van der Waals surface area (Å²) >= 11 is 0. The van der Waals surface area contributed by atoms with Gasteiger partial charge in [0.25, 0.3) is 0 Å². The van der Waals surface area contributed by atoms with E-state index in [1.54, 1.807) is 0 Å². The minimum absolute atomic E-state index is 0.0130. The predicted octanol–water partition coefficient (Wildman–Crippen LogP) is 8.00. The number of phosphoric ester groups is 1. The van der Waals surface area contributed by atoms with Gasteiger partial charge in [-0.25, -0.2) is 9.36 Å². The molecule has 9 nitrogen and oxygen atoms in total. The molecule has 0 aliphatic rings. The number of nitrogens with zero attached hydrogens (tertiary/aromatic N) is 1. The third-order valence-corrected chi connectivity index (χ3v) is 8.55. The quantitative estimate of drug-likeness (QED) is 0.0407. The van der Waals surface area contributed by atoms with Crippen molar-refractivity contribution in [3.8, 4) is 0 Å². The van der Waals surface area contributed by atoms with Crippen molar-refractivity contribution >= 4 is 19.7 Å². The van der Waals surface area contributed by atoms with Crippen molar-refractivity contribution in [2.75, 3.05) is 40.9 Å². The number of carbonyl (C=O) groups is 2. The van der Waals surface area contributed by atoms with E-state index in [4.69, 9.17) is 9.05 Å². The molecular weight excluding hydrogens is 555 g/mol. The molecule has 42 heavy (non-hydrogen) atoms. The molecule has 0 aliphatic heterocycles. The fourth-order valence-corrected chi connectivity index (χ4v) is 5.52. The lowest BCUT2D eigenvalue weighted by molar-refractivity contribution is -0.870. The molecule has 2 atom stereocenters. The normalized spacial score (nSPS) is 14.0. The van der Waals surface area contributed by atoms with Gasteiger partial charge in [-0.3, -0.25) is 13.8 Å². The lowest BCUT2D eigenvalue weighted by atomic mass is 10.0. The predicted molar refractivity (Wildman–Crippen MR) is 171 cm³/mol. The SMILES string of the molecule is CCCCCCCCCCCCCCCCCCCCCCCC(=O)N[C@@H](COP(=O)(O)OCC[N+](C)(C)C)C(=O)O. The molecule has 3 N–H and O–H groups in total. The van der Waals surface area contributed by atoms with E-state index in [1.807, 2.05) is 21.1 Å². The summed E-state index contributed by atoms with van der Waals surface area (Å²) in [6.07, 6.45) is 27.4. The molecule has 0 aromatic rings. The van der Waals surface area contributed by atoms with E-state index in [0.717, 1.165) is 19.3 Å². The third kappa shape index (κ3) is 29.1. The van der Waals surface area contributed by atoms with Crippen LogP contribution in [-0.2, 0) is 23.2 Å². The van der Waals surface area contributed by atoms with E-state index in [-0.39, 0.29) is 13.0 Å². The zero-order valence-corrected chi connectivity index (χ0v) is 28.5. The van der Waals surface area contributed by atoms with Crippen LogP contribution in [0.25, 0.3) is 0 Å². The number of likely N-dealkylation sites (N-methyl/N-ethyl adjacent to an activating group) is 1. The Hall–Kier alpha value is -0.990. The van der Waals surface area contributed by atoms with E-state index in [0.29, 0.717) is 17.4 Å². The molecule has 0 spiro atoms.